The molecule has 0 radical (unpaired) electrons. The standard InChI is InChI=1S/C14H16F2N2O/c1-18(2)13-11(16)6-5-10(15)12(13)14(17-9-19)7-3-4-8-14/h5-6H,3-4,7-8H2,1-2H3. The Hall–Kier alpha value is -1.74. The minimum absolute atomic E-state index is 0.167. The van der Waals surface area contributed by atoms with Crippen LogP contribution >= 0.6 is 0 Å². The van der Waals surface area contributed by atoms with Gasteiger partial charge in [-0.25, -0.2) is 13.6 Å². The number of hydrogen-bond donors (Lipinski definition) is 0. The maximum atomic E-state index is 14.2. The number of halogens is 2. The van der Waals surface area contributed by atoms with Gasteiger partial charge in [0.2, 0.25) is 6.08 Å². The van der Waals surface area contributed by atoms with Crippen molar-refractivity contribution in [3.8, 4) is 0 Å². The Balaban J connectivity index is 2.72. The van der Waals surface area contributed by atoms with Crippen molar-refractivity contribution in [3.05, 3.63) is 29.3 Å². The summed E-state index contributed by atoms with van der Waals surface area (Å²) in [6.45, 7) is 0. The summed E-state index contributed by atoms with van der Waals surface area (Å²) in [6.07, 6.45) is 4.30. The Kier molecular flexibility index (Phi) is 3.67. The third-order valence-corrected chi connectivity index (χ3v) is 3.68. The molecule has 0 heterocycles. The van der Waals surface area contributed by atoms with Crippen LogP contribution in [0.15, 0.2) is 17.1 Å². The van der Waals surface area contributed by atoms with Gasteiger partial charge in [-0.1, -0.05) is 12.8 Å². The maximum absolute atomic E-state index is 14.2. The third-order valence-electron chi connectivity index (χ3n) is 3.68. The van der Waals surface area contributed by atoms with Gasteiger partial charge in [-0.05, 0) is 25.0 Å². The van der Waals surface area contributed by atoms with E-state index >= 15 is 0 Å². The number of aliphatic imine (C=N–C) groups is 1. The molecule has 1 aromatic carbocycles. The molecule has 5 heteroatoms. The fourth-order valence-electron chi connectivity index (χ4n) is 2.89. The first-order valence-corrected chi connectivity index (χ1v) is 6.27. The van der Waals surface area contributed by atoms with Crippen LogP contribution in [0.3, 0.4) is 0 Å². The van der Waals surface area contributed by atoms with E-state index in [0.29, 0.717) is 12.8 Å². The predicted molar refractivity (Wildman–Crippen MR) is 69.0 cm³/mol. The lowest BCUT2D eigenvalue weighted by Gasteiger charge is -2.29. The normalized spacial score (nSPS) is 17.1. The zero-order valence-corrected chi connectivity index (χ0v) is 11.0. The highest BCUT2D eigenvalue weighted by Gasteiger charge is 2.41. The van der Waals surface area contributed by atoms with Crippen LogP contribution in [0.25, 0.3) is 0 Å². The van der Waals surface area contributed by atoms with Crippen molar-refractivity contribution in [2.75, 3.05) is 19.0 Å². The van der Waals surface area contributed by atoms with Crippen molar-refractivity contribution in [1.82, 2.24) is 0 Å². The van der Waals surface area contributed by atoms with Gasteiger partial charge in [0.25, 0.3) is 0 Å². The second-order valence-electron chi connectivity index (χ2n) is 5.09. The molecule has 1 saturated carbocycles. The minimum Gasteiger partial charge on any atom is -0.375 e. The molecule has 0 bridgehead atoms. The van der Waals surface area contributed by atoms with E-state index in [9.17, 15) is 13.6 Å². The Labute approximate surface area is 110 Å². The fraction of sp³-hybridized carbons (Fsp3) is 0.500. The number of benzene rings is 1. The molecular formula is C14H16F2N2O. The minimum atomic E-state index is -0.965. The topological polar surface area (TPSA) is 32.7 Å². The van der Waals surface area contributed by atoms with Gasteiger partial charge in [0.15, 0.2) is 0 Å². The quantitative estimate of drug-likeness (QED) is 0.622. The molecule has 102 valence electrons. The summed E-state index contributed by atoms with van der Waals surface area (Å²) in [4.78, 5) is 16.0. The van der Waals surface area contributed by atoms with E-state index in [1.165, 1.54) is 11.0 Å². The smallest absolute Gasteiger partial charge is 0.235 e. The number of anilines is 1. The summed E-state index contributed by atoms with van der Waals surface area (Å²) in [7, 11) is 3.29. The molecule has 1 fully saturated rings. The lowest BCUT2D eigenvalue weighted by atomic mass is 9.86. The molecule has 2 rings (SSSR count). The van der Waals surface area contributed by atoms with E-state index in [0.717, 1.165) is 25.0 Å². The summed E-state index contributed by atoms with van der Waals surface area (Å²) < 4.78 is 28.2. The van der Waals surface area contributed by atoms with Crippen molar-refractivity contribution in [2.24, 2.45) is 4.99 Å². The summed E-state index contributed by atoms with van der Waals surface area (Å²) in [5.41, 5.74) is -0.618. The molecule has 3 nitrogen and oxygen atoms in total. The van der Waals surface area contributed by atoms with E-state index in [-0.39, 0.29) is 11.3 Å². The van der Waals surface area contributed by atoms with E-state index in [1.54, 1.807) is 14.1 Å². The van der Waals surface area contributed by atoms with E-state index < -0.39 is 17.2 Å². The van der Waals surface area contributed by atoms with Gasteiger partial charge in [0, 0.05) is 19.7 Å². The number of hydrogen-bond acceptors (Lipinski definition) is 3. The fourth-order valence-corrected chi connectivity index (χ4v) is 2.89. The van der Waals surface area contributed by atoms with Gasteiger partial charge in [-0.3, -0.25) is 0 Å². The van der Waals surface area contributed by atoms with Crippen LogP contribution in [0.1, 0.15) is 31.2 Å². The summed E-state index contributed by atoms with van der Waals surface area (Å²) in [5, 5.41) is 0. The zero-order valence-electron chi connectivity index (χ0n) is 11.0. The molecule has 0 aliphatic heterocycles. The molecule has 0 amide bonds. The maximum Gasteiger partial charge on any atom is 0.235 e. The first-order valence-electron chi connectivity index (χ1n) is 6.27. The molecule has 1 aliphatic rings. The lowest BCUT2D eigenvalue weighted by Crippen LogP contribution is -2.26. The molecule has 1 aromatic rings. The first-order chi connectivity index (χ1) is 9.02. The molecule has 0 spiro atoms. The summed E-state index contributed by atoms with van der Waals surface area (Å²) in [6, 6.07) is 2.19. The van der Waals surface area contributed by atoms with Gasteiger partial charge in [-0.15, -0.1) is 0 Å². The van der Waals surface area contributed by atoms with Crippen molar-refractivity contribution < 1.29 is 13.6 Å². The molecule has 0 atom stereocenters. The highest BCUT2D eigenvalue weighted by Crippen LogP contribution is 2.47. The molecule has 0 aromatic heterocycles. The summed E-state index contributed by atoms with van der Waals surface area (Å²) in [5.74, 6) is -1.03. The monoisotopic (exact) mass is 266 g/mol. The predicted octanol–water partition coefficient (Wildman–Crippen LogP) is 3.14. The third kappa shape index (κ3) is 2.26. The van der Waals surface area contributed by atoms with E-state index in [1.807, 2.05) is 0 Å². The van der Waals surface area contributed by atoms with Crippen LogP contribution in [-0.4, -0.2) is 20.2 Å². The average Bonchev–Trinajstić information content (AvgIpc) is 2.81. The molecule has 0 saturated heterocycles. The van der Waals surface area contributed by atoms with Crippen LogP contribution in [0.4, 0.5) is 14.5 Å². The Bertz CT molecular complexity index is 530. The Morgan fingerprint density at radius 2 is 1.79 bits per heavy atom. The second kappa shape index (κ2) is 5.10. The lowest BCUT2D eigenvalue weighted by molar-refractivity contribution is 0.427. The molecule has 0 N–H and O–H groups in total. The average molecular weight is 266 g/mol. The van der Waals surface area contributed by atoms with Gasteiger partial charge in [0.1, 0.15) is 17.2 Å². The number of rotatable bonds is 3. The highest BCUT2D eigenvalue weighted by molar-refractivity contribution is 5.59. The molecular weight excluding hydrogens is 250 g/mol. The van der Waals surface area contributed by atoms with Gasteiger partial charge in [0.05, 0.1) is 5.69 Å². The SMILES string of the molecule is CN(C)c1c(F)ccc(F)c1C1(N=C=O)CCCC1. The van der Waals surface area contributed by atoms with Crippen LogP contribution in [0, 0.1) is 11.6 Å². The van der Waals surface area contributed by atoms with Crippen molar-refractivity contribution >= 4 is 11.8 Å². The van der Waals surface area contributed by atoms with Gasteiger partial charge < -0.3 is 4.90 Å². The number of carbonyl (C=O) groups excluding carboxylic acids is 1. The first kappa shape index (κ1) is 13.7. The highest BCUT2D eigenvalue weighted by atomic mass is 19.1. The molecule has 1 aliphatic carbocycles. The van der Waals surface area contributed by atoms with Crippen LogP contribution in [0.2, 0.25) is 0 Å². The molecule has 19 heavy (non-hydrogen) atoms. The second-order valence-corrected chi connectivity index (χ2v) is 5.09. The van der Waals surface area contributed by atoms with Crippen molar-refractivity contribution in [2.45, 2.75) is 31.2 Å². The van der Waals surface area contributed by atoms with Crippen LogP contribution in [0.5, 0.6) is 0 Å². The van der Waals surface area contributed by atoms with E-state index in [4.69, 9.17) is 0 Å². The van der Waals surface area contributed by atoms with E-state index in [2.05, 4.69) is 4.99 Å². The van der Waals surface area contributed by atoms with Crippen molar-refractivity contribution in [1.29, 1.82) is 0 Å². The molecule has 0 unspecified atom stereocenters. The van der Waals surface area contributed by atoms with Gasteiger partial charge in [-0.2, -0.15) is 4.99 Å². The van der Waals surface area contributed by atoms with Crippen LogP contribution < -0.4 is 4.90 Å². The van der Waals surface area contributed by atoms with Crippen molar-refractivity contribution in [3.63, 3.8) is 0 Å². The largest absolute Gasteiger partial charge is 0.375 e. The number of isocyanates is 1. The zero-order chi connectivity index (χ0) is 14.0. The number of nitrogens with zero attached hydrogens (tertiary/aromatic N) is 2. The Morgan fingerprint density at radius 3 is 2.32 bits per heavy atom. The summed E-state index contributed by atoms with van der Waals surface area (Å²) >= 11 is 0. The van der Waals surface area contributed by atoms with Gasteiger partial charge >= 0.3 is 0 Å². The van der Waals surface area contributed by atoms with Crippen LogP contribution in [-0.2, 0) is 10.3 Å². The Morgan fingerprint density at radius 1 is 1.21 bits per heavy atom.